The van der Waals surface area contributed by atoms with Crippen LogP contribution in [0.1, 0.15) is 10.6 Å². The van der Waals surface area contributed by atoms with E-state index in [1.54, 1.807) is 11.3 Å². The third-order valence-electron chi connectivity index (χ3n) is 3.01. The number of benzene rings is 1. The molecule has 0 fully saturated rings. The Bertz CT molecular complexity index is 640. The van der Waals surface area contributed by atoms with Crippen molar-refractivity contribution < 1.29 is 0 Å². The molecule has 1 aromatic carbocycles. The Hall–Kier alpha value is -1.65. The molecule has 2 heterocycles. The van der Waals surface area contributed by atoms with Crippen LogP contribution in [0.4, 0.5) is 0 Å². The van der Waals surface area contributed by atoms with E-state index in [9.17, 15) is 0 Å². The van der Waals surface area contributed by atoms with E-state index in [0.29, 0.717) is 0 Å². The van der Waals surface area contributed by atoms with Crippen LogP contribution in [0, 0.1) is 0 Å². The summed E-state index contributed by atoms with van der Waals surface area (Å²) >= 11 is 1.70. The molecule has 0 saturated heterocycles. The van der Waals surface area contributed by atoms with Crippen LogP contribution in [0.2, 0.25) is 0 Å². The number of aromatic nitrogens is 2. The monoisotopic (exact) mass is 257 g/mol. The van der Waals surface area contributed by atoms with Crippen LogP contribution in [0.5, 0.6) is 0 Å². The van der Waals surface area contributed by atoms with Gasteiger partial charge in [-0.05, 0) is 36.2 Å². The van der Waals surface area contributed by atoms with Crippen LogP contribution in [0.3, 0.4) is 0 Å². The van der Waals surface area contributed by atoms with Gasteiger partial charge in [-0.1, -0.05) is 6.07 Å². The molecule has 0 aliphatic heterocycles. The molecule has 3 rings (SSSR count). The third-order valence-corrected chi connectivity index (χ3v) is 3.77. The fourth-order valence-electron chi connectivity index (χ4n) is 2.18. The van der Waals surface area contributed by atoms with Crippen molar-refractivity contribution in [1.29, 1.82) is 0 Å². The molecule has 0 spiro atoms. The van der Waals surface area contributed by atoms with Crippen LogP contribution < -0.4 is 5.32 Å². The van der Waals surface area contributed by atoms with E-state index in [4.69, 9.17) is 0 Å². The highest BCUT2D eigenvalue weighted by Gasteiger charge is 2.04. The number of fused-ring (bicyclic) bond motifs is 1. The maximum absolute atomic E-state index is 4.33. The quantitative estimate of drug-likeness (QED) is 0.779. The van der Waals surface area contributed by atoms with Crippen molar-refractivity contribution in [2.45, 2.75) is 13.1 Å². The number of thiazole rings is 1. The molecule has 0 unspecified atom stereocenters. The molecule has 0 amide bonds. The average molecular weight is 257 g/mol. The van der Waals surface area contributed by atoms with Crippen LogP contribution in [0.25, 0.3) is 10.9 Å². The number of hydrogen-bond acceptors (Lipinski definition) is 3. The predicted octanol–water partition coefficient (Wildman–Crippen LogP) is 2.87. The molecule has 3 nitrogen and oxygen atoms in total. The summed E-state index contributed by atoms with van der Waals surface area (Å²) < 4.78 is 2.25. The predicted molar refractivity (Wildman–Crippen MR) is 75.9 cm³/mol. The normalized spacial score (nSPS) is 11.2. The highest BCUT2D eigenvalue weighted by Crippen LogP contribution is 2.19. The van der Waals surface area contributed by atoms with Crippen LogP contribution in [-0.2, 0) is 13.1 Å². The molecule has 18 heavy (non-hydrogen) atoms. The molecule has 0 aliphatic carbocycles. The fraction of sp³-hybridized carbons (Fsp3) is 0.214. The molecule has 92 valence electrons. The Morgan fingerprint density at radius 1 is 1.33 bits per heavy atom. The van der Waals surface area contributed by atoms with E-state index in [0.717, 1.165) is 18.1 Å². The molecular formula is C14H15N3S. The maximum atomic E-state index is 4.33. The first-order valence-corrected chi connectivity index (χ1v) is 6.85. The summed E-state index contributed by atoms with van der Waals surface area (Å²) in [6.07, 6.45) is 3.99. The van der Waals surface area contributed by atoms with Gasteiger partial charge in [0, 0.05) is 29.8 Å². The van der Waals surface area contributed by atoms with E-state index in [1.807, 2.05) is 18.6 Å². The number of rotatable bonds is 4. The van der Waals surface area contributed by atoms with Crippen molar-refractivity contribution in [3.05, 3.63) is 52.6 Å². The van der Waals surface area contributed by atoms with Gasteiger partial charge >= 0.3 is 0 Å². The van der Waals surface area contributed by atoms with Crippen molar-refractivity contribution in [2.24, 2.45) is 0 Å². The van der Waals surface area contributed by atoms with E-state index in [1.165, 1.54) is 16.5 Å². The molecular weight excluding hydrogens is 242 g/mol. The van der Waals surface area contributed by atoms with Crippen molar-refractivity contribution in [2.75, 3.05) is 7.05 Å². The van der Waals surface area contributed by atoms with Crippen LogP contribution in [-0.4, -0.2) is 16.6 Å². The summed E-state index contributed by atoms with van der Waals surface area (Å²) in [7, 11) is 1.97. The zero-order valence-corrected chi connectivity index (χ0v) is 11.1. The lowest BCUT2D eigenvalue weighted by molar-refractivity contribution is 0.816. The van der Waals surface area contributed by atoms with Gasteiger partial charge in [0.25, 0.3) is 0 Å². The number of nitrogens with zero attached hydrogens (tertiary/aromatic N) is 2. The van der Waals surface area contributed by atoms with Crippen molar-refractivity contribution >= 4 is 22.2 Å². The summed E-state index contributed by atoms with van der Waals surface area (Å²) in [5.74, 6) is 0. The maximum Gasteiger partial charge on any atom is 0.112 e. The summed E-state index contributed by atoms with van der Waals surface area (Å²) in [5, 5.41) is 7.63. The van der Waals surface area contributed by atoms with Crippen molar-refractivity contribution in [1.82, 2.24) is 14.9 Å². The lowest BCUT2D eigenvalue weighted by atomic mass is 10.1. The highest BCUT2D eigenvalue weighted by atomic mass is 32.1. The van der Waals surface area contributed by atoms with Gasteiger partial charge in [-0.15, -0.1) is 11.3 Å². The van der Waals surface area contributed by atoms with E-state index >= 15 is 0 Å². The summed E-state index contributed by atoms with van der Waals surface area (Å²) in [4.78, 5) is 4.33. The Morgan fingerprint density at radius 2 is 2.28 bits per heavy atom. The fourth-order valence-corrected chi connectivity index (χ4v) is 2.79. The Kier molecular flexibility index (Phi) is 3.13. The molecule has 1 N–H and O–H groups in total. The first-order valence-electron chi connectivity index (χ1n) is 5.97. The first-order chi connectivity index (χ1) is 8.86. The molecule has 0 radical (unpaired) electrons. The Morgan fingerprint density at radius 3 is 3.06 bits per heavy atom. The SMILES string of the molecule is CNCc1ccc2c(ccn2Cc2nccs2)c1. The molecule has 0 atom stereocenters. The Balaban J connectivity index is 1.94. The summed E-state index contributed by atoms with van der Waals surface area (Å²) in [6.45, 7) is 1.76. The lowest BCUT2D eigenvalue weighted by Crippen LogP contribution is -2.04. The lowest BCUT2D eigenvalue weighted by Gasteiger charge is -2.04. The van der Waals surface area contributed by atoms with Crippen molar-refractivity contribution in [3.8, 4) is 0 Å². The smallest absolute Gasteiger partial charge is 0.112 e. The van der Waals surface area contributed by atoms with Gasteiger partial charge in [0.05, 0.1) is 6.54 Å². The molecule has 0 bridgehead atoms. The minimum absolute atomic E-state index is 0.854. The van der Waals surface area contributed by atoms with Crippen molar-refractivity contribution in [3.63, 3.8) is 0 Å². The van der Waals surface area contributed by atoms with Crippen LogP contribution in [0.15, 0.2) is 42.0 Å². The first kappa shape index (κ1) is 11.4. The largest absolute Gasteiger partial charge is 0.341 e. The van der Waals surface area contributed by atoms with Gasteiger partial charge in [-0.25, -0.2) is 4.98 Å². The topological polar surface area (TPSA) is 29.9 Å². The standard InChI is InChI=1S/C14H15N3S/c1-15-9-11-2-3-13-12(8-11)4-6-17(13)10-14-16-5-7-18-14/h2-8,15H,9-10H2,1H3. The molecule has 0 aliphatic rings. The minimum Gasteiger partial charge on any atom is -0.341 e. The Labute approximate surface area is 110 Å². The third kappa shape index (κ3) is 2.17. The molecule has 2 aromatic heterocycles. The zero-order chi connectivity index (χ0) is 12.4. The van der Waals surface area contributed by atoms with Gasteiger partial charge in [-0.3, -0.25) is 0 Å². The number of hydrogen-bond donors (Lipinski definition) is 1. The van der Waals surface area contributed by atoms with Gasteiger partial charge < -0.3 is 9.88 Å². The van der Waals surface area contributed by atoms with E-state index in [2.05, 4.69) is 45.3 Å². The highest BCUT2D eigenvalue weighted by molar-refractivity contribution is 7.09. The summed E-state index contributed by atoms with van der Waals surface area (Å²) in [6, 6.07) is 8.78. The second-order valence-electron chi connectivity index (χ2n) is 4.29. The van der Waals surface area contributed by atoms with Crippen LogP contribution >= 0.6 is 11.3 Å². The van der Waals surface area contributed by atoms with Gasteiger partial charge in [0.1, 0.15) is 5.01 Å². The van der Waals surface area contributed by atoms with Gasteiger partial charge in [0.15, 0.2) is 0 Å². The van der Waals surface area contributed by atoms with E-state index in [-0.39, 0.29) is 0 Å². The van der Waals surface area contributed by atoms with Gasteiger partial charge in [0.2, 0.25) is 0 Å². The molecule has 3 aromatic rings. The molecule has 0 saturated carbocycles. The summed E-state index contributed by atoms with van der Waals surface area (Å²) in [5.41, 5.74) is 2.59. The zero-order valence-electron chi connectivity index (χ0n) is 10.3. The second-order valence-corrected chi connectivity index (χ2v) is 5.27. The number of nitrogens with one attached hydrogen (secondary N) is 1. The average Bonchev–Trinajstić information content (AvgIpc) is 3.00. The van der Waals surface area contributed by atoms with Gasteiger partial charge in [-0.2, -0.15) is 0 Å². The van der Waals surface area contributed by atoms with E-state index < -0.39 is 0 Å². The minimum atomic E-state index is 0.854. The molecule has 4 heteroatoms. The second kappa shape index (κ2) is 4.92.